The highest BCUT2D eigenvalue weighted by Gasteiger charge is 2.32. The smallest absolute Gasteiger partial charge is 0.187 e. The third-order valence-corrected chi connectivity index (χ3v) is 3.17. The largest absolute Gasteiger partial charge is 0.292 e. The van der Waals surface area contributed by atoms with Crippen molar-refractivity contribution in [3.8, 4) is 0 Å². The summed E-state index contributed by atoms with van der Waals surface area (Å²) in [6.07, 6.45) is 0. The number of carbonyl (C=O) groups is 1. The van der Waals surface area contributed by atoms with E-state index >= 15 is 0 Å². The standard InChI is InChI=1S/C15H13ClO/c1-15(16,13-10-6-3-7-11-13)14(17)12-8-4-2-5-9-12/h2-11H,1H3. The van der Waals surface area contributed by atoms with Gasteiger partial charge in [0.1, 0.15) is 4.87 Å². The monoisotopic (exact) mass is 244 g/mol. The van der Waals surface area contributed by atoms with E-state index in [0.29, 0.717) is 5.56 Å². The fourth-order valence-electron chi connectivity index (χ4n) is 1.74. The summed E-state index contributed by atoms with van der Waals surface area (Å²) >= 11 is 6.40. The van der Waals surface area contributed by atoms with Crippen LogP contribution >= 0.6 is 11.6 Å². The third-order valence-electron chi connectivity index (χ3n) is 2.78. The molecule has 1 nitrogen and oxygen atoms in total. The maximum atomic E-state index is 12.3. The van der Waals surface area contributed by atoms with Crippen molar-refractivity contribution in [2.75, 3.05) is 0 Å². The van der Waals surface area contributed by atoms with Crippen LogP contribution in [0.1, 0.15) is 22.8 Å². The number of rotatable bonds is 3. The fraction of sp³-hybridized carbons (Fsp3) is 0.133. The summed E-state index contributed by atoms with van der Waals surface area (Å²) in [7, 11) is 0. The first kappa shape index (κ1) is 11.9. The van der Waals surface area contributed by atoms with E-state index in [1.165, 1.54) is 0 Å². The predicted octanol–water partition coefficient (Wildman–Crippen LogP) is 4.02. The lowest BCUT2D eigenvalue weighted by Crippen LogP contribution is -2.26. The molecule has 0 radical (unpaired) electrons. The Morgan fingerprint density at radius 3 is 1.94 bits per heavy atom. The molecule has 0 saturated heterocycles. The topological polar surface area (TPSA) is 17.1 Å². The molecule has 0 heterocycles. The Kier molecular flexibility index (Phi) is 3.30. The zero-order valence-corrected chi connectivity index (χ0v) is 10.3. The van der Waals surface area contributed by atoms with Gasteiger partial charge in [-0.15, -0.1) is 11.6 Å². The van der Waals surface area contributed by atoms with Crippen molar-refractivity contribution in [1.82, 2.24) is 0 Å². The van der Waals surface area contributed by atoms with Gasteiger partial charge in [-0.25, -0.2) is 0 Å². The van der Waals surface area contributed by atoms with Crippen LogP contribution in [0.25, 0.3) is 0 Å². The van der Waals surface area contributed by atoms with Gasteiger partial charge in [-0.1, -0.05) is 60.7 Å². The number of benzene rings is 2. The quantitative estimate of drug-likeness (QED) is 0.589. The summed E-state index contributed by atoms with van der Waals surface area (Å²) in [5.74, 6) is -0.0778. The third kappa shape index (κ3) is 2.40. The van der Waals surface area contributed by atoms with Crippen molar-refractivity contribution < 1.29 is 4.79 Å². The van der Waals surface area contributed by atoms with E-state index < -0.39 is 4.87 Å². The van der Waals surface area contributed by atoms with Gasteiger partial charge in [0.25, 0.3) is 0 Å². The Hall–Kier alpha value is -1.60. The highest BCUT2D eigenvalue weighted by molar-refractivity contribution is 6.37. The number of halogens is 1. The highest BCUT2D eigenvalue weighted by atomic mass is 35.5. The summed E-state index contributed by atoms with van der Waals surface area (Å²) in [5.41, 5.74) is 1.45. The zero-order valence-electron chi connectivity index (χ0n) is 9.56. The molecule has 0 aliphatic heterocycles. The molecule has 86 valence electrons. The average Bonchev–Trinajstić information content (AvgIpc) is 2.40. The number of alkyl halides is 1. The van der Waals surface area contributed by atoms with Crippen LogP contribution in [0.2, 0.25) is 0 Å². The van der Waals surface area contributed by atoms with Crippen LogP contribution in [0.15, 0.2) is 60.7 Å². The maximum absolute atomic E-state index is 12.3. The Morgan fingerprint density at radius 1 is 0.941 bits per heavy atom. The zero-order chi connectivity index (χ0) is 12.3. The van der Waals surface area contributed by atoms with Crippen molar-refractivity contribution in [1.29, 1.82) is 0 Å². The second-order valence-corrected chi connectivity index (χ2v) is 4.82. The lowest BCUT2D eigenvalue weighted by Gasteiger charge is -2.21. The van der Waals surface area contributed by atoms with Gasteiger partial charge in [-0.3, -0.25) is 4.79 Å². The van der Waals surface area contributed by atoms with Crippen molar-refractivity contribution in [2.45, 2.75) is 11.8 Å². The van der Waals surface area contributed by atoms with Gasteiger partial charge in [0.2, 0.25) is 0 Å². The molecule has 1 atom stereocenters. The molecule has 0 spiro atoms. The molecule has 0 aliphatic rings. The molecule has 0 aliphatic carbocycles. The van der Waals surface area contributed by atoms with Gasteiger partial charge < -0.3 is 0 Å². The van der Waals surface area contributed by atoms with E-state index in [1.807, 2.05) is 48.5 Å². The van der Waals surface area contributed by atoms with Crippen LogP contribution in [-0.2, 0) is 4.87 Å². The lowest BCUT2D eigenvalue weighted by atomic mass is 9.91. The molecule has 2 aromatic rings. The molecular weight excluding hydrogens is 232 g/mol. The van der Waals surface area contributed by atoms with Gasteiger partial charge in [0, 0.05) is 5.56 Å². The molecule has 0 bridgehead atoms. The SMILES string of the molecule is CC(Cl)(C(=O)c1ccccc1)c1ccccc1. The van der Waals surface area contributed by atoms with Crippen molar-refractivity contribution >= 4 is 17.4 Å². The van der Waals surface area contributed by atoms with E-state index in [9.17, 15) is 4.79 Å². The van der Waals surface area contributed by atoms with Gasteiger partial charge in [0.05, 0.1) is 0 Å². The normalized spacial score (nSPS) is 14.0. The van der Waals surface area contributed by atoms with Crippen molar-refractivity contribution in [2.24, 2.45) is 0 Å². The lowest BCUT2D eigenvalue weighted by molar-refractivity contribution is 0.0946. The van der Waals surface area contributed by atoms with Crippen molar-refractivity contribution in [3.05, 3.63) is 71.8 Å². The minimum atomic E-state index is -1.01. The first-order valence-electron chi connectivity index (χ1n) is 5.46. The molecule has 1 unspecified atom stereocenters. The molecule has 0 amide bonds. The maximum Gasteiger partial charge on any atom is 0.187 e. The predicted molar refractivity (Wildman–Crippen MR) is 70.4 cm³/mol. The molecule has 17 heavy (non-hydrogen) atoms. The summed E-state index contributed by atoms with van der Waals surface area (Å²) < 4.78 is 0. The number of hydrogen-bond donors (Lipinski definition) is 0. The Labute approximate surface area is 106 Å². The van der Waals surface area contributed by atoms with Crippen LogP contribution in [-0.4, -0.2) is 5.78 Å². The summed E-state index contributed by atoms with van der Waals surface area (Å²) in [6, 6.07) is 18.5. The Balaban J connectivity index is 2.37. The van der Waals surface area contributed by atoms with Crippen LogP contribution in [0.3, 0.4) is 0 Å². The summed E-state index contributed by atoms with van der Waals surface area (Å²) in [4.78, 5) is 11.3. The highest BCUT2D eigenvalue weighted by Crippen LogP contribution is 2.32. The van der Waals surface area contributed by atoms with Crippen LogP contribution in [0.5, 0.6) is 0 Å². The molecule has 0 saturated carbocycles. The Bertz CT molecular complexity index is 503. The van der Waals surface area contributed by atoms with Gasteiger partial charge in [-0.05, 0) is 12.5 Å². The average molecular weight is 245 g/mol. The fourth-order valence-corrected chi connectivity index (χ4v) is 1.98. The number of hydrogen-bond acceptors (Lipinski definition) is 1. The van der Waals surface area contributed by atoms with Gasteiger partial charge in [-0.2, -0.15) is 0 Å². The molecule has 2 aromatic carbocycles. The first-order chi connectivity index (χ1) is 8.12. The molecule has 2 rings (SSSR count). The van der Waals surface area contributed by atoms with Crippen LogP contribution in [0.4, 0.5) is 0 Å². The van der Waals surface area contributed by atoms with E-state index in [1.54, 1.807) is 19.1 Å². The second kappa shape index (κ2) is 4.72. The van der Waals surface area contributed by atoms with Gasteiger partial charge >= 0.3 is 0 Å². The summed E-state index contributed by atoms with van der Waals surface area (Å²) in [5, 5.41) is 0. The first-order valence-corrected chi connectivity index (χ1v) is 5.84. The van der Waals surface area contributed by atoms with E-state index in [-0.39, 0.29) is 5.78 Å². The second-order valence-electron chi connectivity index (χ2n) is 4.06. The molecule has 0 N–H and O–H groups in total. The molecular formula is C15H13ClO. The van der Waals surface area contributed by atoms with E-state index in [2.05, 4.69) is 0 Å². The van der Waals surface area contributed by atoms with Crippen LogP contribution < -0.4 is 0 Å². The number of Topliss-reactive ketones (excluding diaryl/α,β-unsaturated/α-hetero) is 1. The Morgan fingerprint density at radius 2 is 1.41 bits per heavy atom. The number of ketones is 1. The summed E-state index contributed by atoms with van der Waals surface area (Å²) in [6.45, 7) is 1.74. The minimum Gasteiger partial charge on any atom is -0.292 e. The molecule has 0 aromatic heterocycles. The van der Waals surface area contributed by atoms with E-state index in [0.717, 1.165) is 5.56 Å². The molecule has 0 fully saturated rings. The minimum absolute atomic E-state index is 0.0778. The molecule has 2 heteroatoms. The van der Waals surface area contributed by atoms with Crippen LogP contribution in [0, 0.1) is 0 Å². The van der Waals surface area contributed by atoms with Gasteiger partial charge in [0.15, 0.2) is 5.78 Å². The number of carbonyl (C=O) groups excluding carboxylic acids is 1. The van der Waals surface area contributed by atoms with E-state index in [4.69, 9.17) is 11.6 Å². The van der Waals surface area contributed by atoms with Crippen molar-refractivity contribution in [3.63, 3.8) is 0 Å².